The van der Waals surface area contributed by atoms with Gasteiger partial charge in [-0.25, -0.2) is 8.42 Å². The summed E-state index contributed by atoms with van der Waals surface area (Å²) in [6.07, 6.45) is 1.04. The Morgan fingerprint density at radius 1 is 1.23 bits per heavy atom. The van der Waals surface area contributed by atoms with Crippen LogP contribution in [0.1, 0.15) is 11.1 Å². The third kappa shape index (κ3) is 4.68. The summed E-state index contributed by atoms with van der Waals surface area (Å²) in [5.74, 6) is -0.0210. The molecule has 140 valence electrons. The molecule has 2 aromatic carbocycles. The van der Waals surface area contributed by atoms with E-state index >= 15 is 0 Å². The molecule has 0 heterocycles. The first-order valence-electron chi connectivity index (χ1n) is 7.81. The van der Waals surface area contributed by atoms with Gasteiger partial charge in [0.25, 0.3) is 0 Å². The third-order valence-corrected chi connectivity index (χ3v) is 5.12. The number of carbonyl (C=O) groups is 1. The zero-order chi connectivity index (χ0) is 19.5. The summed E-state index contributed by atoms with van der Waals surface area (Å²) < 4.78 is 30.8. The molecule has 6 nitrogen and oxygen atoms in total. The Balaban J connectivity index is 2.34. The van der Waals surface area contributed by atoms with E-state index in [1.807, 2.05) is 13.0 Å². The first-order valence-corrected chi connectivity index (χ1v) is 10.0. The van der Waals surface area contributed by atoms with Crippen molar-refractivity contribution in [3.8, 4) is 5.75 Å². The third-order valence-electron chi connectivity index (χ3n) is 3.72. The first-order chi connectivity index (χ1) is 12.1. The second-order valence-electron chi connectivity index (χ2n) is 5.93. The zero-order valence-electron chi connectivity index (χ0n) is 15.0. The molecule has 0 saturated carbocycles. The van der Waals surface area contributed by atoms with Crippen LogP contribution in [0.4, 0.5) is 11.4 Å². The Morgan fingerprint density at radius 2 is 1.88 bits per heavy atom. The van der Waals surface area contributed by atoms with Crippen LogP contribution in [0.3, 0.4) is 0 Å². The Bertz CT molecular complexity index is 906. The van der Waals surface area contributed by atoms with E-state index < -0.39 is 22.5 Å². The van der Waals surface area contributed by atoms with E-state index in [4.69, 9.17) is 16.3 Å². The molecule has 0 aliphatic heterocycles. The number of benzene rings is 2. The van der Waals surface area contributed by atoms with Gasteiger partial charge in [0, 0.05) is 0 Å². The van der Waals surface area contributed by atoms with Crippen LogP contribution in [-0.4, -0.2) is 34.2 Å². The molecule has 0 unspecified atom stereocenters. The van der Waals surface area contributed by atoms with Crippen molar-refractivity contribution in [3.63, 3.8) is 0 Å². The molecule has 0 spiro atoms. The van der Waals surface area contributed by atoms with Gasteiger partial charge in [0.2, 0.25) is 15.9 Å². The highest BCUT2D eigenvalue weighted by Crippen LogP contribution is 2.32. The lowest BCUT2D eigenvalue weighted by Gasteiger charge is -2.25. The fourth-order valence-corrected chi connectivity index (χ4v) is 4.05. The SMILES string of the molecule is COc1ccccc1NC(=O)CN(c1c(C)cc(C)cc1Cl)S(C)(=O)=O. The van der Waals surface area contributed by atoms with Gasteiger partial charge in [0.1, 0.15) is 12.3 Å². The highest BCUT2D eigenvalue weighted by Gasteiger charge is 2.25. The minimum atomic E-state index is -3.72. The number of nitrogens with one attached hydrogen (secondary N) is 1. The second-order valence-corrected chi connectivity index (χ2v) is 8.24. The van der Waals surface area contributed by atoms with E-state index in [0.717, 1.165) is 16.1 Å². The monoisotopic (exact) mass is 396 g/mol. The number of nitrogens with zero attached hydrogens (tertiary/aromatic N) is 1. The Hall–Kier alpha value is -2.25. The van der Waals surface area contributed by atoms with E-state index in [2.05, 4.69) is 5.32 Å². The van der Waals surface area contributed by atoms with Crippen molar-refractivity contribution in [2.75, 3.05) is 29.5 Å². The molecule has 2 rings (SSSR count). The van der Waals surface area contributed by atoms with E-state index in [-0.39, 0.29) is 5.02 Å². The summed E-state index contributed by atoms with van der Waals surface area (Å²) in [4.78, 5) is 12.5. The lowest BCUT2D eigenvalue weighted by atomic mass is 10.1. The molecule has 0 atom stereocenters. The van der Waals surface area contributed by atoms with E-state index in [1.165, 1.54) is 7.11 Å². The number of hydrogen-bond acceptors (Lipinski definition) is 4. The average molecular weight is 397 g/mol. The maximum absolute atomic E-state index is 12.5. The van der Waals surface area contributed by atoms with Crippen LogP contribution in [-0.2, 0) is 14.8 Å². The summed E-state index contributed by atoms with van der Waals surface area (Å²) in [6.45, 7) is 3.22. The molecule has 2 aromatic rings. The van der Waals surface area contributed by atoms with Crippen molar-refractivity contribution in [2.45, 2.75) is 13.8 Å². The number of aryl methyl sites for hydroxylation is 2. The maximum atomic E-state index is 12.5. The molecule has 0 saturated heterocycles. The Labute approximate surface area is 158 Å². The van der Waals surface area contributed by atoms with Crippen LogP contribution in [0.2, 0.25) is 5.02 Å². The molecule has 8 heteroatoms. The largest absolute Gasteiger partial charge is 0.495 e. The van der Waals surface area contributed by atoms with Crippen LogP contribution in [0.25, 0.3) is 0 Å². The van der Waals surface area contributed by atoms with E-state index in [0.29, 0.717) is 22.7 Å². The zero-order valence-corrected chi connectivity index (χ0v) is 16.6. The lowest BCUT2D eigenvalue weighted by molar-refractivity contribution is -0.114. The average Bonchev–Trinajstić information content (AvgIpc) is 2.52. The fraction of sp³-hybridized carbons (Fsp3) is 0.278. The number of para-hydroxylation sites is 2. The number of carbonyl (C=O) groups excluding carboxylic acids is 1. The number of ether oxygens (including phenoxy) is 1. The molecule has 0 radical (unpaired) electrons. The van der Waals surface area contributed by atoms with Gasteiger partial charge in [-0.2, -0.15) is 0 Å². The highest BCUT2D eigenvalue weighted by atomic mass is 35.5. The van der Waals surface area contributed by atoms with Gasteiger partial charge < -0.3 is 10.1 Å². The molecular weight excluding hydrogens is 376 g/mol. The van der Waals surface area contributed by atoms with Crippen LogP contribution < -0.4 is 14.4 Å². The van der Waals surface area contributed by atoms with Crippen LogP contribution in [0, 0.1) is 13.8 Å². The van der Waals surface area contributed by atoms with Crippen molar-refractivity contribution < 1.29 is 17.9 Å². The van der Waals surface area contributed by atoms with Crippen LogP contribution in [0.5, 0.6) is 5.75 Å². The van der Waals surface area contributed by atoms with Crippen molar-refractivity contribution in [2.24, 2.45) is 0 Å². The normalized spacial score (nSPS) is 11.1. The topological polar surface area (TPSA) is 75.7 Å². The Morgan fingerprint density at radius 3 is 2.46 bits per heavy atom. The molecule has 1 N–H and O–H groups in total. The second kappa shape index (κ2) is 7.97. The van der Waals surface area contributed by atoms with Gasteiger partial charge in [-0.1, -0.05) is 29.8 Å². The predicted molar refractivity (Wildman–Crippen MR) is 105 cm³/mol. The molecule has 0 aromatic heterocycles. The number of sulfonamides is 1. The summed E-state index contributed by atoms with van der Waals surface area (Å²) in [5, 5.41) is 2.95. The van der Waals surface area contributed by atoms with Crippen LogP contribution in [0.15, 0.2) is 36.4 Å². The van der Waals surface area contributed by atoms with Crippen molar-refractivity contribution in [1.29, 1.82) is 0 Å². The quantitative estimate of drug-likeness (QED) is 0.812. The van der Waals surface area contributed by atoms with Crippen molar-refractivity contribution in [3.05, 3.63) is 52.5 Å². The molecular formula is C18H21ClN2O4S. The standard InChI is InChI=1S/C18H21ClN2O4S/c1-12-9-13(2)18(14(19)10-12)21(26(4,23)24)11-17(22)20-15-7-5-6-8-16(15)25-3/h5-10H,11H2,1-4H3,(H,20,22). The lowest BCUT2D eigenvalue weighted by Crippen LogP contribution is -2.38. The Kier molecular flexibility index (Phi) is 6.15. The number of amides is 1. The number of anilines is 2. The summed E-state index contributed by atoms with van der Waals surface area (Å²) in [6, 6.07) is 10.4. The number of methoxy groups -OCH3 is 1. The molecule has 0 aliphatic rings. The minimum absolute atomic E-state index is 0.276. The summed E-state index contributed by atoms with van der Waals surface area (Å²) in [5.41, 5.74) is 2.34. The number of rotatable bonds is 6. The molecule has 26 heavy (non-hydrogen) atoms. The van der Waals surface area contributed by atoms with Gasteiger partial charge in [0.05, 0.1) is 29.8 Å². The molecule has 0 fully saturated rings. The molecule has 0 aliphatic carbocycles. The smallest absolute Gasteiger partial charge is 0.245 e. The minimum Gasteiger partial charge on any atom is -0.495 e. The molecule has 0 bridgehead atoms. The van der Waals surface area contributed by atoms with Gasteiger partial charge in [-0.15, -0.1) is 0 Å². The van der Waals surface area contributed by atoms with Crippen LogP contribution >= 0.6 is 11.6 Å². The van der Waals surface area contributed by atoms with E-state index in [9.17, 15) is 13.2 Å². The van der Waals surface area contributed by atoms with Gasteiger partial charge in [0.15, 0.2) is 0 Å². The number of halogens is 1. The van der Waals surface area contributed by atoms with Gasteiger partial charge in [-0.05, 0) is 43.2 Å². The fourth-order valence-electron chi connectivity index (χ4n) is 2.65. The van der Waals surface area contributed by atoms with Crippen molar-refractivity contribution in [1.82, 2.24) is 0 Å². The van der Waals surface area contributed by atoms with Gasteiger partial charge in [-0.3, -0.25) is 9.10 Å². The van der Waals surface area contributed by atoms with Gasteiger partial charge >= 0.3 is 0 Å². The first kappa shape index (κ1) is 20.1. The predicted octanol–water partition coefficient (Wildman–Crippen LogP) is 3.37. The van der Waals surface area contributed by atoms with Crippen molar-refractivity contribution >= 4 is 38.9 Å². The maximum Gasteiger partial charge on any atom is 0.245 e. The highest BCUT2D eigenvalue weighted by molar-refractivity contribution is 7.92. The molecule has 1 amide bonds. The number of hydrogen-bond donors (Lipinski definition) is 1. The van der Waals surface area contributed by atoms with E-state index in [1.54, 1.807) is 37.3 Å². The summed E-state index contributed by atoms with van der Waals surface area (Å²) in [7, 11) is -2.23. The summed E-state index contributed by atoms with van der Waals surface area (Å²) >= 11 is 6.27.